The Morgan fingerprint density at radius 2 is 1.22 bits per heavy atom. The lowest BCUT2D eigenvalue weighted by Crippen LogP contribution is -2.66. The number of rotatable bonds is 13. The smallest absolute Gasteiger partial charge is 0.330 e. The number of fused-ring (bicyclic) bond motifs is 13. The highest BCUT2D eigenvalue weighted by molar-refractivity contribution is 6.32. The summed E-state index contributed by atoms with van der Waals surface area (Å²) in [5, 5.41) is 159. The van der Waals surface area contributed by atoms with Crippen molar-refractivity contribution in [3.63, 3.8) is 0 Å². The molecule has 3 saturated heterocycles. The summed E-state index contributed by atoms with van der Waals surface area (Å²) in [6, 6.07) is 2.04. The highest BCUT2D eigenvalue weighted by atomic mass is 35.5. The van der Waals surface area contributed by atoms with Crippen LogP contribution < -0.4 is 72.0 Å². The van der Waals surface area contributed by atoms with Gasteiger partial charge in [0.15, 0.2) is 41.6 Å². The van der Waals surface area contributed by atoms with Crippen molar-refractivity contribution >= 4 is 76.4 Å². The SMILES string of the molecule is CCCCC/C=C\CCC(=O)N[C@@H]1C(O)CC2OC[C@H]3OC(OC4c5ccc(c(Cl)c5)Oc5cc6cc(c5OC1O2)Oc1ccc(cc1Cl)C[C@H]1NC(=O)C(N)c2ccc(O)c(c2)Oc2cc(O)cc(c2)[C@H](NC1=O)C(=O)N[C@H]6C(=O)NC1C(=O)NC4C(=O)NC(C(=O)O)c2cc(O)cc(O[C@H]4OC(CO)[C@@H](O)C(O)C4O)c2-c2cc1ccc2O)C(NC(C)=O)[C@@H](O)C3O. The van der Waals surface area contributed by atoms with Crippen LogP contribution in [0.5, 0.6) is 69.0 Å². The second kappa shape index (κ2) is 38.6. The van der Waals surface area contributed by atoms with E-state index in [1.165, 1.54) is 36.4 Å². The lowest BCUT2D eigenvalue weighted by molar-refractivity contribution is -0.310. The van der Waals surface area contributed by atoms with Gasteiger partial charge >= 0.3 is 5.97 Å². The topological polar surface area (TPSA) is 611 Å². The Morgan fingerprint density at radius 3 is 1.92 bits per heavy atom. The first-order valence-electron chi connectivity index (χ1n) is 41.1. The molecule has 0 aliphatic carbocycles. The van der Waals surface area contributed by atoms with Crippen molar-refractivity contribution in [2.24, 2.45) is 5.73 Å². The Bertz CT molecular complexity index is 5560. The summed E-state index contributed by atoms with van der Waals surface area (Å²) in [4.78, 5) is 139. The van der Waals surface area contributed by atoms with E-state index in [2.05, 4.69) is 49.5 Å². The fourth-order valence-electron chi connectivity index (χ4n) is 16.3. The second-order valence-corrected chi connectivity index (χ2v) is 32.8. The highest BCUT2D eigenvalue weighted by Crippen LogP contribution is 2.51. The molecule has 3 fully saturated rings. The largest absolute Gasteiger partial charge is 0.508 e. The van der Waals surface area contributed by atoms with Gasteiger partial charge in [-0.25, -0.2) is 4.79 Å². The number of carbonyl (C=O) groups is 9. The van der Waals surface area contributed by atoms with Gasteiger partial charge in [0.25, 0.3) is 0 Å². The molecule has 8 amide bonds. The van der Waals surface area contributed by atoms with Crippen LogP contribution in [0.4, 0.5) is 0 Å². The molecule has 0 radical (unpaired) electrons. The van der Waals surface area contributed by atoms with E-state index in [1.807, 2.05) is 12.2 Å². The molecule has 18 rings (SSSR count). The summed E-state index contributed by atoms with van der Waals surface area (Å²) in [6.45, 7) is 1.20. The van der Waals surface area contributed by atoms with Gasteiger partial charge in [-0.3, -0.25) is 38.4 Å². The molecular weight excluding hydrogens is 1740 g/mol. The lowest BCUT2D eigenvalue weighted by Gasteiger charge is -2.45. The van der Waals surface area contributed by atoms with Crippen LogP contribution >= 0.6 is 23.2 Å². The van der Waals surface area contributed by atoms with Gasteiger partial charge in [0.05, 0.1) is 29.4 Å². The van der Waals surface area contributed by atoms with Gasteiger partial charge < -0.3 is 157 Å². The van der Waals surface area contributed by atoms with Crippen molar-refractivity contribution in [2.75, 3.05) is 13.2 Å². The van der Waals surface area contributed by atoms with E-state index < -0.39 is 298 Å². The maximum Gasteiger partial charge on any atom is 0.330 e. The van der Waals surface area contributed by atoms with Gasteiger partial charge in [-0.15, -0.1) is 0 Å². The van der Waals surface area contributed by atoms with Crippen molar-refractivity contribution in [2.45, 2.75) is 200 Å². The molecule has 7 aromatic rings. The Kier molecular flexibility index (Phi) is 27.4. The highest BCUT2D eigenvalue weighted by Gasteiger charge is 2.52. The molecule has 22 atom stereocenters. The monoisotopic (exact) mass is 1830 g/mol. The number of carbonyl (C=O) groups excluding carboxylic acids is 8. The number of phenolic OH excluding ortho intramolecular Hbond substituents is 4. The van der Waals surface area contributed by atoms with Crippen molar-refractivity contribution in [3.8, 4) is 80.1 Å². The van der Waals surface area contributed by atoms with Gasteiger partial charge in [-0.1, -0.05) is 79.4 Å². The van der Waals surface area contributed by atoms with Crippen molar-refractivity contribution < 1.29 is 152 Å². The number of nitrogens with two attached hydrogens (primary N) is 1. The molecule has 11 aliphatic rings. The first kappa shape index (κ1) is 91.5. The number of aromatic hydroxyl groups is 4. The number of carboxylic acid groups (broad SMARTS) is 1. The summed E-state index contributed by atoms with van der Waals surface area (Å²) in [5.41, 5.74) is 3.21. The van der Waals surface area contributed by atoms with E-state index in [0.717, 1.165) is 111 Å². The number of amides is 8. The van der Waals surface area contributed by atoms with E-state index in [9.17, 15) is 80.5 Å². The number of aliphatic carboxylic acids is 1. The third kappa shape index (κ3) is 19.7. The standard InChI is InChI=1S/C87H91Cl2N9O31/c1-3-4-5-6-7-8-9-10-60(106)93-68-51(105)31-61-120-33-59-72(108)73(109)69(91-34(2)100)86(126-59)128-76-38-14-18-53(47(89)24-38)123-57-27-40-26-56(77(57)129-85(68)127-61)122-52-17-11-35(19-46(52)88)20-48-78(112)94-65(39-21-41(101)28-43(22-39)121-54-25-36(12-16-50(54)104)63(90)79(113)92-48)81(115)96-66(40)82(116)95-64-37-13-15-49(103)44(23-37)62-45(67(84(118)119)97-83(117)70(76)98-80(64)114)29-42(102)30-55(62)124-87-75(111)74(110)71(107)58(32-99)125-87/h7-8,11-19,21-30,48,51,58-59,61,63-76,85-87,99,101-105,107-111H,3-6,9-10,20,31-33,90H2,1-2H3,(H,91,100)(H,92,113)(H,93,106)(H,94,112)(H,95,116)(H,96,115)(H,97,117)(H,98,114)(H,118,119)/b8-7-/t48-,51?,58?,59-,61?,63?,64?,65+,66-,67?,68-,69?,70?,71-,72?,73-,74?,75?,76?,85?,86?,87+/m1/s1. The van der Waals surface area contributed by atoms with Gasteiger partial charge in [-0.2, -0.15) is 0 Å². The minimum atomic E-state index is -2.54. The molecule has 11 heterocycles. The van der Waals surface area contributed by atoms with Gasteiger partial charge in [0, 0.05) is 55.0 Å². The third-order valence-corrected chi connectivity index (χ3v) is 23.5. The van der Waals surface area contributed by atoms with Crippen molar-refractivity contribution in [1.82, 2.24) is 42.5 Å². The van der Waals surface area contributed by atoms with Crippen LogP contribution in [-0.2, 0) is 73.3 Å². The van der Waals surface area contributed by atoms with Crippen molar-refractivity contribution in [3.05, 3.63) is 176 Å². The zero-order valence-corrected chi connectivity index (χ0v) is 69.9. The predicted molar refractivity (Wildman–Crippen MR) is 443 cm³/mol. The molecule has 129 heavy (non-hydrogen) atoms. The lowest BCUT2D eigenvalue weighted by atomic mass is 9.89. The first-order valence-corrected chi connectivity index (χ1v) is 41.9. The van der Waals surface area contributed by atoms with E-state index in [-0.39, 0.29) is 57.4 Å². The molecule has 0 aromatic heterocycles. The number of aliphatic hydroxyl groups excluding tert-OH is 7. The van der Waals surface area contributed by atoms with Crippen LogP contribution in [0.15, 0.2) is 127 Å². The number of halogens is 2. The summed E-state index contributed by atoms with van der Waals surface area (Å²) in [5.74, 6) is -18.5. The molecular formula is C87H91Cl2N9O31. The zero-order valence-electron chi connectivity index (χ0n) is 68.4. The molecule has 22 N–H and O–H groups in total. The molecule has 11 aliphatic heterocycles. The normalized spacial score (nSPS) is 29.2. The fraction of sp³-hybridized carbons (Fsp3) is 0.391. The Morgan fingerprint density at radius 1 is 0.574 bits per heavy atom. The molecule has 22 bridgehead atoms. The number of carboxylic acids is 1. The summed E-state index contributed by atoms with van der Waals surface area (Å²) in [6.07, 6.45) is -19.8. The Hall–Kier alpha value is -12.2. The molecule has 684 valence electrons. The van der Waals surface area contributed by atoms with Gasteiger partial charge in [0.2, 0.25) is 65.6 Å². The molecule has 0 spiro atoms. The van der Waals surface area contributed by atoms with Crippen molar-refractivity contribution in [1.29, 1.82) is 0 Å². The number of hydrogen-bond donors (Lipinski definition) is 21. The van der Waals surface area contributed by atoms with Crippen LogP contribution in [0.1, 0.15) is 134 Å². The number of aliphatic hydroxyl groups is 7. The minimum Gasteiger partial charge on any atom is -0.508 e. The number of phenols is 4. The van der Waals surface area contributed by atoms with E-state index in [1.54, 1.807) is 0 Å². The summed E-state index contributed by atoms with van der Waals surface area (Å²) < 4.78 is 65.0. The average molecular weight is 1830 g/mol. The fourth-order valence-corrected chi connectivity index (χ4v) is 16.8. The first-order chi connectivity index (χ1) is 61.7. The van der Waals surface area contributed by atoms with E-state index in [4.69, 9.17) is 76.3 Å². The quantitative estimate of drug-likeness (QED) is 0.0583. The van der Waals surface area contributed by atoms with Crippen LogP contribution in [0.3, 0.4) is 0 Å². The summed E-state index contributed by atoms with van der Waals surface area (Å²) >= 11 is 14.8. The second-order valence-electron chi connectivity index (χ2n) is 32.0. The molecule has 14 unspecified atom stereocenters. The number of benzene rings is 7. The molecule has 40 nitrogen and oxygen atoms in total. The maximum atomic E-state index is 17.0. The molecule has 42 heteroatoms. The predicted octanol–water partition coefficient (Wildman–Crippen LogP) is 2.97. The Balaban J connectivity index is 0.998. The maximum absolute atomic E-state index is 17.0. The molecule has 7 aromatic carbocycles. The van der Waals surface area contributed by atoms with Gasteiger partial charge in [-0.05, 0) is 132 Å². The van der Waals surface area contributed by atoms with E-state index >= 15 is 24.0 Å². The summed E-state index contributed by atoms with van der Waals surface area (Å²) in [7, 11) is 0. The molecule has 0 saturated carbocycles. The van der Waals surface area contributed by atoms with Gasteiger partial charge in [0.1, 0.15) is 137 Å². The average Bonchev–Trinajstić information content (AvgIpc) is 0.753. The Labute approximate surface area is 742 Å². The van der Waals surface area contributed by atoms with Crippen LogP contribution in [-0.4, -0.2) is 226 Å². The zero-order chi connectivity index (χ0) is 91.8. The van der Waals surface area contributed by atoms with E-state index in [0.29, 0.717) is 0 Å². The number of hydrogen-bond acceptors (Lipinski definition) is 31. The van der Waals surface area contributed by atoms with Crippen LogP contribution in [0.2, 0.25) is 10.0 Å². The van der Waals surface area contributed by atoms with Crippen LogP contribution in [0, 0.1) is 0 Å². The number of unbranched alkanes of at least 4 members (excludes halogenated alkanes) is 3. The number of nitrogens with one attached hydrogen (secondary N) is 8. The number of allylic oxidation sites excluding steroid dienone is 2. The third-order valence-electron chi connectivity index (χ3n) is 22.9. The number of ether oxygens (including phenoxy) is 10. The van der Waals surface area contributed by atoms with Crippen LogP contribution in [0.25, 0.3) is 11.1 Å². The minimum absolute atomic E-state index is 0.0489.